The largest absolute Gasteiger partial charge is 0.392 e. The van der Waals surface area contributed by atoms with Gasteiger partial charge in [0.25, 0.3) is 0 Å². The number of aliphatic hydroxyl groups is 1. The zero-order chi connectivity index (χ0) is 17.5. The maximum atomic E-state index is 9.47. The number of aliphatic hydroxyl groups excluding tert-OH is 1. The Hall–Kier alpha value is -1.64. The van der Waals surface area contributed by atoms with E-state index in [1.54, 1.807) is 0 Å². The van der Waals surface area contributed by atoms with Crippen LogP contribution in [0.1, 0.15) is 56.7 Å². The molecule has 2 aromatic rings. The molecule has 0 spiro atoms. The summed E-state index contributed by atoms with van der Waals surface area (Å²) in [6.07, 6.45) is 1.08. The Labute approximate surface area is 147 Å². The first-order valence-corrected chi connectivity index (χ1v) is 9.03. The normalized spacial score (nSPS) is 13.0. The van der Waals surface area contributed by atoms with Crippen molar-refractivity contribution in [2.75, 3.05) is 6.54 Å². The average molecular weight is 325 g/mol. The van der Waals surface area contributed by atoms with E-state index >= 15 is 0 Å². The number of rotatable bonds is 8. The molecule has 1 atom stereocenters. The van der Waals surface area contributed by atoms with Gasteiger partial charge in [-0.2, -0.15) is 0 Å². The van der Waals surface area contributed by atoms with Gasteiger partial charge in [0.05, 0.1) is 6.61 Å². The third kappa shape index (κ3) is 4.93. The van der Waals surface area contributed by atoms with E-state index in [1.807, 2.05) is 6.07 Å². The molecule has 0 bridgehead atoms. The molecule has 0 amide bonds. The second-order valence-corrected chi connectivity index (χ2v) is 7.08. The van der Waals surface area contributed by atoms with E-state index in [-0.39, 0.29) is 6.61 Å². The standard InChI is InChI=1S/C22H31NO/c1-17(2)23(18(3)4)14-13-22(20-10-6-5-7-11-20)21-12-8-9-19(15-21)16-24/h5-12,15,17-18,22,24H,13-14,16H2,1-4H3. The molecule has 0 radical (unpaired) electrons. The quantitative estimate of drug-likeness (QED) is 0.752. The first kappa shape index (κ1) is 18.7. The third-order valence-electron chi connectivity index (χ3n) is 4.74. The molecule has 1 N–H and O–H groups in total. The van der Waals surface area contributed by atoms with Crippen LogP contribution in [-0.4, -0.2) is 28.6 Å². The summed E-state index contributed by atoms with van der Waals surface area (Å²) >= 11 is 0. The Balaban J connectivity index is 2.27. The van der Waals surface area contributed by atoms with E-state index in [4.69, 9.17) is 0 Å². The molecule has 0 fully saturated rings. The lowest BCUT2D eigenvalue weighted by Crippen LogP contribution is -2.38. The first-order chi connectivity index (χ1) is 11.5. The molecule has 24 heavy (non-hydrogen) atoms. The Bertz CT molecular complexity index is 598. The van der Waals surface area contributed by atoms with Crippen LogP contribution in [0.2, 0.25) is 0 Å². The lowest BCUT2D eigenvalue weighted by Gasteiger charge is -2.32. The van der Waals surface area contributed by atoms with Gasteiger partial charge in [-0.3, -0.25) is 4.90 Å². The van der Waals surface area contributed by atoms with E-state index < -0.39 is 0 Å². The van der Waals surface area contributed by atoms with Crippen LogP contribution in [0.5, 0.6) is 0 Å². The minimum atomic E-state index is 0.0967. The summed E-state index contributed by atoms with van der Waals surface area (Å²) in [5.74, 6) is 0.359. The molecule has 0 aliphatic carbocycles. The monoisotopic (exact) mass is 325 g/mol. The highest BCUT2D eigenvalue weighted by atomic mass is 16.3. The summed E-state index contributed by atoms with van der Waals surface area (Å²) in [4.78, 5) is 2.55. The number of hydrogen-bond acceptors (Lipinski definition) is 2. The van der Waals surface area contributed by atoms with Gasteiger partial charge < -0.3 is 5.11 Å². The van der Waals surface area contributed by atoms with Crippen LogP contribution in [0.25, 0.3) is 0 Å². The highest BCUT2D eigenvalue weighted by Gasteiger charge is 2.19. The van der Waals surface area contributed by atoms with Gasteiger partial charge in [0.1, 0.15) is 0 Å². The summed E-state index contributed by atoms with van der Waals surface area (Å²) < 4.78 is 0. The molecule has 2 aromatic carbocycles. The van der Waals surface area contributed by atoms with E-state index in [0.29, 0.717) is 18.0 Å². The van der Waals surface area contributed by atoms with Crippen molar-refractivity contribution in [1.82, 2.24) is 4.90 Å². The first-order valence-electron chi connectivity index (χ1n) is 9.03. The van der Waals surface area contributed by atoms with E-state index in [2.05, 4.69) is 81.1 Å². The minimum absolute atomic E-state index is 0.0967. The molecule has 0 aromatic heterocycles. The fraction of sp³-hybridized carbons (Fsp3) is 0.455. The Morgan fingerprint density at radius 2 is 1.46 bits per heavy atom. The summed E-state index contributed by atoms with van der Waals surface area (Å²) in [6.45, 7) is 10.2. The number of hydrogen-bond donors (Lipinski definition) is 1. The number of nitrogens with zero attached hydrogens (tertiary/aromatic N) is 1. The van der Waals surface area contributed by atoms with Gasteiger partial charge in [-0.1, -0.05) is 54.6 Å². The molecule has 2 heteroatoms. The van der Waals surface area contributed by atoms with Crippen molar-refractivity contribution in [1.29, 1.82) is 0 Å². The van der Waals surface area contributed by atoms with Gasteiger partial charge >= 0.3 is 0 Å². The van der Waals surface area contributed by atoms with Crippen molar-refractivity contribution in [2.45, 2.75) is 58.7 Å². The molecule has 1 unspecified atom stereocenters. The van der Waals surface area contributed by atoms with Crippen LogP contribution >= 0.6 is 0 Å². The fourth-order valence-corrected chi connectivity index (χ4v) is 3.51. The highest BCUT2D eigenvalue weighted by Crippen LogP contribution is 2.29. The second-order valence-electron chi connectivity index (χ2n) is 7.08. The predicted molar refractivity (Wildman–Crippen MR) is 102 cm³/mol. The van der Waals surface area contributed by atoms with Gasteiger partial charge in [0.2, 0.25) is 0 Å². The SMILES string of the molecule is CC(C)N(CCC(c1ccccc1)c1cccc(CO)c1)C(C)C. The van der Waals surface area contributed by atoms with Crippen molar-refractivity contribution >= 4 is 0 Å². The zero-order valence-corrected chi connectivity index (χ0v) is 15.4. The van der Waals surface area contributed by atoms with Crippen LogP contribution in [0.15, 0.2) is 54.6 Å². The maximum absolute atomic E-state index is 9.47. The zero-order valence-electron chi connectivity index (χ0n) is 15.4. The van der Waals surface area contributed by atoms with Gasteiger partial charge in [0, 0.05) is 18.0 Å². The molecule has 2 nitrogen and oxygen atoms in total. The topological polar surface area (TPSA) is 23.5 Å². The fourth-order valence-electron chi connectivity index (χ4n) is 3.51. The lowest BCUT2D eigenvalue weighted by molar-refractivity contribution is 0.170. The van der Waals surface area contributed by atoms with Crippen molar-refractivity contribution in [3.05, 3.63) is 71.3 Å². The molecule has 0 saturated carbocycles. The Morgan fingerprint density at radius 3 is 2.04 bits per heavy atom. The van der Waals surface area contributed by atoms with Gasteiger partial charge in [0.15, 0.2) is 0 Å². The molecule has 0 heterocycles. The Kier molecular flexibility index (Phi) is 7.01. The minimum Gasteiger partial charge on any atom is -0.392 e. The smallest absolute Gasteiger partial charge is 0.0681 e. The summed E-state index contributed by atoms with van der Waals surface area (Å²) in [5.41, 5.74) is 3.62. The predicted octanol–water partition coefficient (Wildman–Crippen LogP) is 4.82. The van der Waals surface area contributed by atoms with Crippen molar-refractivity contribution < 1.29 is 5.11 Å². The van der Waals surface area contributed by atoms with Crippen LogP contribution in [0.4, 0.5) is 0 Å². The molecule has 130 valence electrons. The van der Waals surface area contributed by atoms with Crippen molar-refractivity contribution in [2.24, 2.45) is 0 Å². The second kappa shape index (κ2) is 9.00. The highest BCUT2D eigenvalue weighted by molar-refractivity contribution is 5.34. The molecule has 0 aliphatic heterocycles. The molecule has 0 saturated heterocycles. The maximum Gasteiger partial charge on any atom is 0.0681 e. The Morgan fingerprint density at radius 1 is 0.833 bits per heavy atom. The molecule has 0 aliphatic rings. The van der Waals surface area contributed by atoms with Crippen molar-refractivity contribution in [3.63, 3.8) is 0 Å². The van der Waals surface area contributed by atoms with Gasteiger partial charge in [-0.25, -0.2) is 0 Å². The number of benzene rings is 2. The lowest BCUT2D eigenvalue weighted by atomic mass is 9.87. The molecular formula is C22H31NO. The van der Waals surface area contributed by atoms with Crippen LogP contribution in [-0.2, 0) is 6.61 Å². The van der Waals surface area contributed by atoms with Crippen LogP contribution in [0, 0.1) is 0 Å². The van der Waals surface area contributed by atoms with Crippen molar-refractivity contribution in [3.8, 4) is 0 Å². The third-order valence-corrected chi connectivity index (χ3v) is 4.74. The summed E-state index contributed by atoms with van der Waals surface area (Å²) in [5, 5.41) is 9.47. The van der Waals surface area contributed by atoms with Crippen LogP contribution in [0.3, 0.4) is 0 Å². The van der Waals surface area contributed by atoms with E-state index in [1.165, 1.54) is 11.1 Å². The summed E-state index contributed by atoms with van der Waals surface area (Å²) in [7, 11) is 0. The molecule has 2 rings (SSSR count). The molecular weight excluding hydrogens is 294 g/mol. The average Bonchev–Trinajstić information content (AvgIpc) is 2.59. The van der Waals surface area contributed by atoms with E-state index in [9.17, 15) is 5.11 Å². The van der Waals surface area contributed by atoms with E-state index in [0.717, 1.165) is 18.5 Å². The summed E-state index contributed by atoms with van der Waals surface area (Å²) in [6, 6.07) is 20.2. The van der Waals surface area contributed by atoms with Gasteiger partial charge in [-0.15, -0.1) is 0 Å². The van der Waals surface area contributed by atoms with Crippen LogP contribution < -0.4 is 0 Å². The van der Waals surface area contributed by atoms with Gasteiger partial charge in [-0.05, 0) is 57.4 Å².